The van der Waals surface area contributed by atoms with Crippen LogP contribution in [0.3, 0.4) is 0 Å². The molecule has 1 aromatic heterocycles. The number of aromatic nitrogens is 1. The first-order chi connectivity index (χ1) is 12.4. The van der Waals surface area contributed by atoms with E-state index in [2.05, 4.69) is 20.5 Å². The predicted octanol–water partition coefficient (Wildman–Crippen LogP) is 2.98. The molecule has 0 atom stereocenters. The second-order valence-electron chi connectivity index (χ2n) is 6.24. The molecule has 6 nitrogen and oxygen atoms in total. The maximum absolute atomic E-state index is 12.5. The van der Waals surface area contributed by atoms with Gasteiger partial charge >= 0.3 is 0 Å². The highest BCUT2D eigenvalue weighted by atomic mass is 35.5. The first kappa shape index (κ1) is 19.9. The van der Waals surface area contributed by atoms with Crippen molar-refractivity contribution in [2.75, 3.05) is 32.5 Å². The van der Waals surface area contributed by atoms with Gasteiger partial charge in [-0.2, -0.15) is 0 Å². The molecular weight excluding hydrogens is 352 g/mol. The molecule has 0 saturated carbocycles. The number of amides is 2. The van der Waals surface area contributed by atoms with Gasteiger partial charge in [-0.25, -0.2) is 0 Å². The molecule has 2 aromatic rings. The molecule has 0 radical (unpaired) electrons. The van der Waals surface area contributed by atoms with E-state index in [0.717, 1.165) is 18.5 Å². The van der Waals surface area contributed by atoms with E-state index in [0.29, 0.717) is 28.4 Å². The largest absolute Gasteiger partial charge is 0.352 e. The molecule has 0 saturated heterocycles. The number of carbonyl (C=O) groups excluding carboxylic acids is 2. The summed E-state index contributed by atoms with van der Waals surface area (Å²) in [6.07, 6.45) is 3.72. The highest BCUT2D eigenvalue weighted by molar-refractivity contribution is 6.31. The number of nitrogens with one attached hydrogen (secondary N) is 2. The van der Waals surface area contributed by atoms with Gasteiger partial charge < -0.3 is 15.5 Å². The maximum atomic E-state index is 12.5. The Hall–Kier alpha value is -2.44. The van der Waals surface area contributed by atoms with Crippen LogP contribution < -0.4 is 10.6 Å². The molecular formula is C19H23ClN4O2. The Balaban J connectivity index is 2.02. The van der Waals surface area contributed by atoms with Gasteiger partial charge in [0.05, 0.1) is 11.1 Å². The Morgan fingerprint density at radius 1 is 1.15 bits per heavy atom. The van der Waals surface area contributed by atoms with Gasteiger partial charge in [0.25, 0.3) is 11.8 Å². The molecule has 1 heterocycles. The van der Waals surface area contributed by atoms with E-state index in [9.17, 15) is 9.59 Å². The van der Waals surface area contributed by atoms with Gasteiger partial charge in [-0.05, 0) is 57.7 Å². The Bertz CT molecular complexity index is 793. The molecule has 7 heteroatoms. The summed E-state index contributed by atoms with van der Waals surface area (Å²) in [7, 11) is 3.96. The lowest BCUT2D eigenvalue weighted by atomic mass is 10.1. The molecule has 26 heavy (non-hydrogen) atoms. The number of carbonyl (C=O) groups is 2. The van der Waals surface area contributed by atoms with Crippen LogP contribution in [0.5, 0.6) is 0 Å². The van der Waals surface area contributed by atoms with Crippen molar-refractivity contribution in [3.05, 3.63) is 58.4 Å². The molecule has 0 aliphatic heterocycles. The highest BCUT2D eigenvalue weighted by Crippen LogP contribution is 2.23. The lowest BCUT2D eigenvalue weighted by molar-refractivity contribution is 0.0952. The second kappa shape index (κ2) is 9.31. The van der Waals surface area contributed by atoms with Crippen LogP contribution in [0.2, 0.25) is 5.02 Å². The summed E-state index contributed by atoms with van der Waals surface area (Å²) in [5.41, 5.74) is 2.07. The van der Waals surface area contributed by atoms with Crippen molar-refractivity contribution in [1.29, 1.82) is 0 Å². The predicted molar refractivity (Wildman–Crippen MR) is 104 cm³/mol. The third-order valence-electron chi connectivity index (χ3n) is 3.85. The molecule has 0 fully saturated rings. The minimum atomic E-state index is -0.342. The number of hydrogen-bond donors (Lipinski definition) is 2. The average Bonchev–Trinajstić information content (AvgIpc) is 2.62. The van der Waals surface area contributed by atoms with Crippen molar-refractivity contribution in [3.63, 3.8) is 0 Å². The first-order valence-electron chi connectivity index (χ1n) is 8.33. The van der Waals surface area contributed by atoms with Crippen LogP contribution in [0.15, 0.2) is 36.7 Å². The van der Waals surface area contributed by atoms with E-state index in [4.69, 9.17) is 11.6 Å². The molecule has 2 N–H and O–H groups in total. The second-order valence-corrected chi connectivity index (χ2v) is 6.65. The van der Waals surface area contributed by atoms with Crippen LogP contribution in [0.25, 0.3) is 0 Å². The van der Waals surface area contributed by atoms with Crippen LogP contribution >= 0.6 is 11.6 Å². The third kappa shape index (κ3) is 5.54. The minimum Gasteiger partial charge on any atom is -0.352 e. The van der Waals surface area contributed by atoms with Crippen LogP contribution in [-0.4, -0.2) is 48.9 Å². The Morgan fingerprint density at radius 3 is 2.54 bits per heavy atom. The Labute approximate surface area is 158 Å². The fraction of sp³-hybridized carbons (Fsp3) is 0.316. The summed E-state index contributed by atoms with van der Waals surface area (Å²) >= 11 is 6.07. The molecule has 1 aromatic carbocycles. The SMILES string of the molecule is Cc1c(Cl)cccc1NC(=O)c1cncc(C(=O)NCCCN(C)C)c1. The van der Waals surface area contributed by atoms with Gasteiger partial charge in [0, 0.05) is 29.6 Å². The Morgan fingerprint density at radius 2 is 1.85 bits per heavy atom. The summed E-state index contributed by atoms with van der Waals surface area (Å²) in [5.74, 6) is -0.588. The molecule has 0 spiro atoms. The zero-order chi connectivity index (χ0) is 19.1. The monoisotopic (exact) mass is 374 g/mol. The lowest BCUT2D eigenvalue weighted by Gasteiger charge is -2.11. The van der Waals surface area contributed by atoms with E-state index in [1.54, 1.807) is 18.2 Å². The fourth-order valence-corrected chi connectivity index (χ4v) is 2.50. The van der Waals surface area contributed by atoms with E-state index >= 15 is 0 Å². The molecule has 0 bridgehead atoms. The summed E-state index contributed by atoms with van der Waals surface area (Å²) in [6, 6.07) is 6.83. The average molecular weight is 375 g/mol. The van der Waals surface area contributed by atoms with Crippen molar-refractivity contribution in [2.45, 2.75) is 13.3 Å². The van der Waals surface area contributed by atoms with Crippen molar-refractivity contribution < 1.29 is 9.59 Å². The molecule has 138 valence electrons. The van der Waals surface area contributed by atoms with Gasteiger partial charge in [0.15, 0.2) is 0 Å². The van der Waals surface area contributed by atoms with Crippen molar-refractivity contribution in [3.8, 4) is 0 Å². The number of pyridine rings is 1. The van der Waals surface area contributed by atoms with Gasteiger partial charge in [-0.1, -0.05) is 17.7 Å². The highest BCUT2D eigenvalue weighted by Gasteiger charge is 2.13. The minimum absolute atomic E-state index is 0.246. The van der Waals surface area contributed by atoms with Crippen LogP contribution in [0.4, 0.5) is 5.69 Å². The molecule has 0 aliphatic rings. The number of nitrogens with zero attached hydrogens (tertiary/aromatic N) is 2. The topological polar surface area (TPSA) is 74.3 Å². The number of benzene rings is 1. The maximum Gasteiger partial charge on any atom is 0.257 e. The lowest BCUT2D eigenvalue weighted by Crippen LogP contribution is -2.27. The number of hydrogen-bond acceptors (Lipinski definition) is 4. The Kier molecular flexibility index (Phi) is 7.12. The standard InChI is InChI=1S/C19H23ClN4O2/c1-13-16(20)6-4-7-17(13)23-19(26)15-10-14(11-21-12-15)18(25)22-8-5-9-24(2)3/h4,6-7,10-12H,5,8-9H2,1-3H3,(H,22,25)(H,23,26). The van der Waals surface area contributed by atoms with Gasteiger partial charge in [0.1, 0.15) is 0 Å². The summed E-state index contributed by atoms with van der Waals surface area (Å²) in [5, 5.41) is 6.21. The van der Waals surface area contributed by atoms with E-state index in [-0.39, 0.29) is 11.8 Å². The first-order valence-corrected chi connectivity index (χ1v) is 8.70. The molecule has 2 rings (SSSR count). The summed E-state index contributed by atoms with van der Waals surface area (Å²) < 4.78 is 0. The van der Waals surface area contributed by atoms with Crippen molar-refractivity contribution in [2.24, 2.45) is 0 Å². The third-order valence-corrected chi connectivity index (χ3v) is 4.26. The van der Waals surface area contributed by atoms with Crippen LogP contribution in [0.1, 0.15) is 32.7 Å². The van der Waals surface area contributed by atoms with E-state index in [1.807, 2.05) is 21.0 Å². The number of halogens is 1. The smallest absolute Gasteiger partial charge is 0.257 e. The summed E-state index contributed by atoms with van der Waals surface area (Å²) in [4.78, 5) is 30.7. The number of anilines is 1. The van der Waals surface area contributed by atoms with Crippen molar-refractivity contribution >= 4 is 29.1 Å². The van der Waals surface area contributed by atoms with Crippen LogP contribution in [0, 0.1) is 6.92 Å². The summed E-state index contributed by atoms with van der Waals surface area (Å²) in [6.45, 7) is 3.28. The normalized spacial score (nSPS) is 10.7. The van der Waals surface area contributed by atoms with Crippen molar-refractivity contribution in [1.82, 2.24) is 15.2 Å². The van der Waals surface area contributed by atoms with E-state index in [1.165, 1.54) is 18.5 Å². The van der Waals surface area contributed by atoms with E-state index < -0.39 is 0 Å². The zero-order valence-corrected chi connectivity index (χ0v) is 15.9. The van der Waals surface area contributed by atoms with Gasteiger partial charge in [-0.3, -0.25) is 14.6 Å². The van der Waals surface area contributed by atoms with Crippen LogP contribution in [-0.2, 0) is 0 Å². The molecule has 0 aliphatic carbocycles. The quantitative estimate of drug-likeness (QED) is 0.731. The zero-order valence-electron chi connectivity index (χ0n) is 15.2. The molecule has 2 amide bonds. The van der Waals surface area contributed by atoms with Gasteiger partial charge in [0.2, 0.25) is 0 Å². The number of rotatable bonds is 7. The fourth-order valence-electron chi connectivity index (χ4n) is 2.32. The molecule has 0 unspecified atom stereocenters. The van der Waals surface area contributed by atoms with Gasteiger partial charge in [-0.15, -0.1) is 0 Å².